The highest BCUT2D eigenvalue weighted by Gasteiger charge is 2.60. The SMILES string of the molecule is CCCCCCCCN1C(=O)[C@@H](CC(=O)N2CCOCC2)C[C@@]2(C(=O)OC)C1=C[C@H](C(C)(C)C)O[C@@H]2C. The second-order valence-electron chi connectivity index (χ2n) is 11.9. The highest BCUT2D eigenvalue weighted by molar-refractivity contribution is 5.92. The molecule has 3 rings (SSSR count). The minimum Gasteiger partial charge on any atom is -0.468 e. The highest BCUT2D eigenvalue weighted by Crippen LogP contribution is 2.52. The zero-order valence-electron chi connectivity index (χ0n) is 23.8. The predicted octanol–water partition coefficient (Wildman–Crippen LogP) is 4.32. The number of rotatable bonds is 10. The van der Waals surface area contributed by atoms with Gasteiger partial charge in [-0.05, 0) is 31.3 Å². The molecule has 0 aromatic rings. The van der Waals surface area contributed by atoms with Gasteiger partial charge in [0.2, 0.25) is 11.8 Å². The van der Waals surface area contributed by atoms with Crippen molar-refractivity contribution in [2.75, 3.05) is 40.0 Å². The molecule has 0 spiro atoms. The van der Waals surface area contributed by atoms with Gasteiger partial charge in [-0.2, -0.15) is 0 Å². The number of likely N-dealkylation sites (tertiary alicyclic amines) is 1. The topological polar surface area (TPSA) is 85.4 Å². The zero-order valence-corrected chi connectivity index (χ0v) is 23.8. The molecule has 0 aliphatic carbocycles. The summed E-state index contributed by atoms with van der Waals surface area (Å²) in [4.78, 5) is 44.3. The van der Waals surface area contributed by atoms with Crippen LogP contribution in [0.3, 0.4) is 0 Å². The fourth-order valence-corrected chi connectivity index (χ4v) is 5.88. The molecule has 8 nitrogen and oxygen atoms in total. The molecular weight excluding hydrogens is 472 g/mol. The van der Waals surface area contributed by atoms with Crippen LogP contribution in [0.2, 0.25) is 0 Å². The molecule has 8 heteroatoms. The average molecular weight is 521 g/mol. The third-order valence-electron chi connectivity index (χ3n) is 8.21. The van der Waals surface area contributed by atoms with Gasteiger partial charge in [-0.3, -0.25) is 14.4 Å². The van der Waals surface area contributed by atoms with Crippen LogP contribution in [0.4, 0.5) is 0 Å². The van der Waals surface area contributed by atoms with E-state index in [0.29, 0.717) is 38.5 Å². The smallest absolute Gasteiger partial charge is 0.320 e. The van der Waals surface area contributed by atoms with Gasteiger partial charge in [-0.25, -0.2) is 0 Å². The Morgan fingerprint density at radius 2 is 1.76 bits per heavy atom. The third kappa shape index (κ3) is 6.56. The van der Waals surface area contributed by atoms with Crippen LogP contribution in [0.15, 0.2) is 11.8 Å². The Labute approximate surface area is 223 Å². The van der Waals surface area contributed by atoms with Gasteiger partial charge in [0.15, 0.2) is 0 Å². The molecule has 0 N–H and O–H groups in total. The molecule has 0 unspecified atom stereocenters. The number of nitrogens with zero attached hydrogens (tertiary/aromatic N) is 2. The Balaban J connectivity index is 1.94. The molecule has 0 bridgehead atoms. The first-order chi connectivity index (χ1) is 17.6. The predicted molar refractivity (Wildman–Crippen MR) is 142 cm³/mol. The van der Waals surface area contributed by atoms with E-state index >= 15 is 0 Å². The van der Waals surface area contributed by atoms with Crippen molar-refractivity contribution < 1.29 is 28.6 Å². The number of hydrogen-bond donors (Lipinski definition) is 0. The Bertz CT molecular complexity index is 844. The van der Waals surface area contributed by atoms with E-state index in [1.54, 1.807) is 9.80 Å². The molecular formula is C29H48N2O6. The molecule has 37 heavy (non-hydrogen) atoms. The van der Waals surface area contributed by atoms with E-state index in [9.17, 15) is 14.4 Å². The quantitative estimate of drug-likeness (QED) is 0.315. The first-order valence-electron chi connectivity index (χ1n) is 14.2. The van der Waals surface area contributed by atoms with Crippen molar-refractivity contribution in [3.05, 3.63) is 11.8 Å². The fraction of sp³-hybridized carbons (Fsp3) is 0.828. The lowest BCUT2D eigenvalue weighted by Crippen LogP contribution is -2.61. The maximum Gasteiger partial charge on any atom is 0.320 e. The molecule has 210 valence electrons. The van der Waals surface area contributed by atoms with Gasteiger partial charge < -0.3 is 24.0 Å². The van der Waals surface area contributed by atoms with Crippen molar-refractivity contribution in [2.45, 2.75) is 98.2 Å². The summed E-state index contributed by atoms with van der Waals surface area (Å²) < 4.78 is 17.2. The number of unbranched alkanes of at least 4 members (excludes halogenated alkanes) is 5. The van der Waals surface area contributed by atoms with Crippen LogP contribution in [0, 0.1) is 16.7 Å². The molecule has 0 radical (unpaired) electrons. The van der Waals surface area contributed by atoms with Crippen LogP contribution in [0.1, 0.15) is 86.0 Å². The van der Waals surface area contributed by atoms with Crippen molar-refractivity contribution in [1.29, 1.82) is 0 Å². The summed E-state index contributed by atoms with van der Waals surface area (Å²) in [5, 5.41) is 0. The van der Waals surface area contributed by atoms with Gasteiger partial charge in [-0.1, -0.05) is 59.8 Å². The number of amides is 2. The van der Waals surface area contributed by atoms with Crippen molar-refractivity contribution in [2.24, 2.45) is 16.7 Å². The van der Waals surface area contributed by atoms with Crippen LogP contribution in [0.25, 0.3) is 0 Å². The summed E-state index contributed by atoms with van der Waals surface area (Å²) in [6, 6.07) is 0. The van der Waals surface area contributed by atoms with Gasteiger partial charge in [0.1, 0.15) is 5.41 Å². The lowest BCUT2D eigenvalue weighted by molar-refractivity contribution is -0.180. The van der Waals surface area contributed by atoms with Gasteiger partial charge in [0.25, 0.3) is 0 Å². The van der Waals surface area contributed by atoms with Crippen LogP contribution in [-0.4, -0.2) is 79.7 Å². The molecule has 4 atom stereocenters. The first-order valence-corrected chi connectivity index (χ1v) is 14.2. The number of piperidine rings is 1. The second kappa shape index (κ2) is 12.7. The van der Waals surface area contributed by atoms with Crippen molar-refractivity contribution >= 4 is 17.8 Å². The number of fused-ring (bicyclic) bond motifs is 1. The Morgan fingerprint density at radius 3 is 2.38 bits per heavy atom. The monoisotopic (exact) mass is 520 g/mol. The number of ether oxygens (including phenoxy) is 3. The number of morpholine rings is 1. The van der Waals surface area contributed by atoms with Crippen LogP contribution < -0.4 is 0 Å². The highest BCUT2D eigenvalue weighted by atomic mass is 16.5. The van der Waals surface area contributed by atoms with Crippen LogP contribution >= 0.6 is 0 Å². The van der Waals surface area contributed by atoms with Crippen molar-refractivity contribution in [1.82, 2.24) is 9.80 Å². The van der Waals surface area contributed by atoms with E-state index in [1.807, 2.05) is 13.0 Å². The normalized spacial score (nSPS) is 28.5. The van der Waals surface area contributed by atoms with Crippen molar-refractivity contribution in [3.63, 3.8) is 0 Å². The summed E-state index contributed by atoms with van der Waals surface area (Å²) in [5.41, 5.74) is -0.629. The molecule has 3 aliphatic heterocycles. The van der Waals surface area contributed by atoms with Gasteiger partial charge in [0.05, 0.1) is 32.5 Å². The summed E-state index contributed by atoms with van der Waals surface area (Å²) in [7, 11) is 1.39. The van der Waals surface area contributed by atoms with Gasteiger partial charge >= 0.3 is 5.97 Å². The number of carbonyl (C=O) groups excluding carboxylic acids is 3. The van der Waals surface area contributed by atoms with Gasteiger partial charge in [-0.15, -0.1) is 0 Å². The molecule has 2 fully saturated rings. The zero-order chi connectivity index (χ0) is 27.2. The molecule has 3 heterocycles. The molecule has 0 aromatic carbocycles. The average Bonchev–Trinajstić information content (AvgIpc) is 2.87. The van der Waals surface area contributed by atoms with E-state index < -0.39 is 23.4 Å². The Kier molecular flexibility index (Phi) is 10.2. The maximum atomic E-state index is 14.0. The minimum absolute atomic E-state index is 0.0643. The van der Waals surface area contributed by atoms with Gasteiger partial charge in [0, 0.05) is 37.7 Å². The van der Waals surface area contributed by atoms with E-state index in [2.05, 4.69) is 27.7 Å². The standard InChI is InChI=1S/C29H48N2O6/c1-7-8-9-10-11-12-13-31-23-19-24(28(3,4)5)37-21(2)29(23,27(34)35-6)20-22(26(31)33)18-25(32)30-14-16-36-17-15-30/h19,21-22,24H,7-18,20H2,1-6H3/t21-,22+,24-,29+/m1/s1. The lowest BCUT2D eigenvalue weighted by atomic mass is 9.65. The van der Waals surface area contributed by atoms with E-state index in [-0.39, 0.29) is 36.2 Å². The molecule has 0 aromatic heterocycles. The number of hydrogen-bond acceptors (Lipinski definition) is 6. The fourth-order valence-electron chi connectivity index (χ4n) is 5.88. The van der Waals surface area contributed by atoms with E-state index in [0.717, 1.165) is 19.3 Å². The number of esters is 1. The van der Waals surface area contributed by atoms with E-state index in [4.69, 9.17) is 14.2 Å². The maximum absolute atomic E-state index is 14.0. The Morgan fingerprint density at radius 1 is 1.11 bits per heavy atom. The second-order valence-corrected chi connectivity index (χ2v) is 11.9. The summed E-state index contributed by atoms with van der Waals surface area (Å²) in [5.74, 6) is -1.14. The number of methoxy groups -OCH3 is 1. The summed E-state index contributed by atoms with van der Waals surface area (Å²) in [6.07, 6.45) is 8.11. The molecule has 2 amide bonds. The summed E-state index contributed by atoms with van der Waals surface area (Å²) >= 11 is 0. The first kappa shape index (κ1) is 29.6. The van der Waals surface area contributed by atoms with E-state index in [1.165, 1.54) is 26.4 Å². The molecule has 2 saturated heterocycles. The largest absolute Gasteiger partial charge is 0.468 e. The Hall–Kier alpha value is -1.93. The van der Waals surface area contributed by atoms with Crippen LogP contribution in [0.5, 0.6) is 0 Å². The number of carbonyl (C=O) groups is 3. The lowest BCUT2D eigenvalue weighted by Gasteiger charge is -2.53. The van der Waals surface area contributed by atoms with Crippen LogP contribution in [-0.2, 0) is 28.6 Å². The summed E-state index contributed by atoms with van der Waals surface area (Å²) in [6.45, 7) is 13.0. The molecule has 3 aliphatic rings. The molecule has 0 saturated carbocycles. The third-order valence-corrected chi connectivity index (χ3v) is 8.21. The minimum atomic E-state index is -1.12. The van der Waals surface area contributed by atoms with Crippen molar-refractivity contribution in [3.8, 4) is 0 Å².